The van der Waals surface area contributed by atoms with Gasteiger partial charge in [-0.05, 0) is 53.6 Å². The van der Waals surface area contributed by atoms with Crippen LogP contribution in [0.4, 0.5) is 4.39 Å². The van der Waals surface area contributed by atoms with Crippen molar-refractivity contribution in [1.29, 1.82) is 0 Å². The van der Waals surface area contributed by atoms with Crippen molar-refractivity contribution in [3.05, 3.63) is 93.2 Å². The molecule has 0 saturated carbocycles. The highest BCUT2D eigenvalue weighted by molar-refractivity contribution is 7.98. The summed E-state index contributed by atoms with van der Waals surface area (Å²) in [6, 6.07) is 14.3. The number of thioether (sulfide) groups is 1. The van der Waals surface area contributed by atoms with E-state index in [4.69, 9.17) is 4.52 Å². The van der Waals surface area contributed by atoms with Crippen LogP contribution in [-0.2, 0) is 5.75 Å². The first-order valence-electron chi connectivity index (χ1n) is 11.7. The maximum Gasteiger partial charge on any atom is 0.278 e. The largest absolute Gasteiger partial charge is 0.474 e. The van der Waals surface area contributed by atoms with E-state index in [-0.39, 0.29) is 40.8 Å². The quantitative estimate of drug-likeness (QED) is 0.469. The highest BCUT2D eigenvalue weighted by atomic mass is 32.2. The number of pyridine rings is 1. The van der Waals surface area contributed by atoms with Crippen molar-refractivity contribution in [3.8, 4) is 5.75 Å². The lowest BCUT2D eigenvalue weighted by atomic mass is 9.91. The van der Waals surface area contributed by atoms with Crippen LogP contribution in [-0.4, -0.2) is 28.2 Å². The Bertz CT molecular complexity index is 1400. The summed E-state index contributed by atoms with van der Waals surface area (Å²) in [7, 11) is 2.11. The summed E-state index contributed by atoms with van der Waals surface area (Å²) in [5.41, 5.74) is 2.88. The van der Waals surface area contributed by atoms with Gasteiger partial charge in [0.05, 0.1) is 15.5 Å². The summed E-state index contributed by atoms with van der Waals surface area (Å²) in [5.74, 6) is 0.537. The summed E-state index contributed by atoms with van der Waals surface area (Å²) in [4.78, 5) is 29.4. The zero-order chi connectivity index (χ0) is 24.3. The predicted octanol–water partition coefficient (Wildman–Crippen LogP) is 4.70. The number of carbonyl (C=O) groups excluding carboxylic acids is 1. The van der Waals surface area contributed by atoms with E-state index in [2.05, 4.69) is 33.5 Å². The molecule has 3 aromatic rings. The van der Waals surface area contributed by atoms with E-state index >= 15 is 0 Å². The molecule has 0 spiro atoms. The van der Waals surface area contributed by atoms with Crippen LogP contribution in [0.2, 0.25) is 0 Å². The number of halogens is 1. The van der Waals surface area contributed by atoms with E-state index in [9.17, 15) is 14.0 Å². The molecule has 1 aromatic heterocycles. The van der Waals surface area contributed by atoms with Crippen LogP contribution < -0.4 is 15.0 Å². The number of amides is 1. The van der Waals surface area contributed by atoms with Crippen molar-refractivity contribution < 1.29 is 13.7 Å². The molecule has 6 rings (SSSR count). The summed E-state index contributed by atoms with van der Waals surface area (Å²) in [5, 5.41) is 2.19. The lowest BCUT2D eigenvalue weighted by molar-refractivity contribution is 0.0384. The molecule has 4 heterocycles. The van der Waals surface area contributed by atoms with Crippen LogP contribution in [0.25, 0.3) is 0 Å². The standard InChI is InChI=1S/C26H25FN3O3PS/c1-15-6-9-22-28(13-15)26(32)24-25(33-34)20(31)10-11-29(24)30(22)23-18-8-7-17(27)12-16(18)14-35-21-5-3-2-4-19(21)23/h2-5,7-8,10-12,15,22-23H,6,9,13-14,34H2,1H3/t15-,22-,23+/m1/s1. The summed E-state index contributed by atoms with van der Waals surface area (Å²) in [6.07, 6.45) is 3.22. The lowest BCUT2D eigenvalue weighted by Gasteiger charge is -2.52. The van der Waals surface area contributed by atoms with Crippen molar-refractivity contribution in [3.63, 3.8) is 0 Å². The summed E-state index contributed by atoms with van der Waals surface area (Å²) in [6.45, 7) is 2.74. The maximum atomic E-state index is 14.3. The second kappa shape index (κ2) is 8.68. The van der Waals surface area contributed by atoms with Gasteiger partial charge in [-0.1, -0.05) is 31.2 Å². The fourth-order valence-electron chi connectivity index (χ4n) is 5.63. The Labute approximate surface area is 209 Å². The Morgan fingerprint density at radius 1 is 1.09 bits per heavy atom. The van der Waals surface area contributed by atoms with Gasteiger partial charge in [-0.3, -0.25) is 19.3 Å². The van der Waals surface area contributed by atoms with Crippen molar-refractivity contribution in [2.75, 3.05) is 11.6 Å². The normalized spacial score (nSPS) is 23.1. The van der Waals surface area contributed by atoms with Gasteiger partial charge in [0, 0.05) is 29.5 Å². The second-order valence-electron chi connectivity index (χ2n) is 9.39. The highest BCUT2D eigenvalue weighted by Gasteiger charge is 2.46. The van der Waals surface area contributed by atoms with Crippen LogP contribution in [0.1, 0.15) is 53.0 Å². The minimum absolute atomic E-state index is 0.0137. The van der Waals surface area contributed by atoms with E-state index in [0.29, 0.717) is 18.2 Å². The zero-order valence-electron chi connectivity index (χ0n) is 19.2. The van der Waals surface area contributed by atoms with E-state index in [0.717, 1.165) is 34.4 Å². The van der Waals surface area contributed by atoms with Gasteiger partial charge in [0.25, 0.3) is 5.91 Å². The van der Waals surface area contributed by atoms with Gasteiger partial charge in [-0.15, -0.1) is 11.8 Å². The molecule has 1 fully saturated rings. The topological polar surface area (TPSA) is 54.8 Å². The fourth-order valence-corrected chi connectivity index (χ4v) is 6.94. The molecule has 1 saturated heterocycles. The number of fused-ring (bicyclic) bond motifs is 4. The Morgan fingerprint density at radius 2 is 1.91 bits per heavy atom. The number of rotatable bonds is 2. The lowest BCUT2D eigenvalue weighted by Crippen LogP contribution is -2.64. The molecule has 0 bridgehead atoms. The zero-order valence-corrected chi connectivity index (χ0v) is 21.2. The average molecular weight is 510 g/mol. The number of carbonyl (C=O) groups is 1. The van der Waals surface area contributed by atoms with Crippen LogP contribution >= 0.6 is 21.2 Å². The third-order valence-corrected chi connectivity index (χ3v) is 8.59. The van der Waals surface area contributed by atoms with Gasteiger partial charge in [-0.25, -0.2) is 4.39 Å². The number of nitrogens with zero attached hydrogens (tertiary/aromatic N) is 3. The first-order valence-corrected chi connectivity index (χ1v) is 13.2. The van der Waals surface area contributed by atoms with Crippen molar-refractivity contribution >= 4 is 27.1 Å². The predicted molar refractivity (Wildman–Crippen MR) is 137 cm³/mol. The molecule has 180 valence electrons. The molecule has 9 heteroatoms. The number of piperidine rings is 1. The van der Waals surface area contributed by atoms with Gasteiger partial charge in [-0.2, -0.15) is 0 Å². The van der Waals surface area contributed by atoms with Crippen LogP contribution in [0, 0.1) is 11.7 Å². The molecular weight excluding hydrogens is 484 g/mol. The molecule has 0 aliphatic carbocycles. The monoisotopic (exact) mass is 509 g/mol. The molecule has 3 aliphatic rings. The Hall–Kier alpha value is -2.83. The smallest absolute Gasteiger partial charge is 0.278 e. The van der Waals surface area contributed by atoms with E-state index in [1.165, 1.54) is 12.1 Å². The van der Waals surface area contributed by atoms with Gasteiger partial charge in [0.2, 0.25) is 11.2 Å². The van der Waals surface area contributed by atoms with Crippen LogP contribution in [0.3, 0.4) is 0 Å². The fraction of sp³-hybridized carbons (Fsp3) is 0.308. The Kier molecular flexibility index (Phi) is 5.61. The molecule has 3 aliphatic heterocycles. The first kappa shape index (κ1) is 22.6. The second-order valence-corrected chi connectivity index (χ2v) is 10.6. The molecule has 4 atom stereocenters. The maximum absolute atomic E-state index is 14.3. The Morgan fingerprint density at radius 3 is 2.74 bits per heavy atom. The summed E-state index contributed by atoms with van der Waals surface area (Å²) < 4.78 is 21.5. The molecular formula is C26H25FN3O3PS. The molecule has 1 unspecified atom stereocenters. The highest BCUT2D eigenvalue weighted by Crippen LogP contribution is 2.45. The van der Waals surface area contributed by atoms with Crippen molar-refractivity contribution in [2.45, 2.75) is 42.6 Å². The number of hydrogen-bond acceptors (Lipinski definition) is 5. The molecule has 0 radical (unpaired) electrons. The average Bonchev–Trinajstić information content (AvgIpc) is 3.01. The number of benzene rings is 2. The van der Waals surface area contributed by atoms with Crippen LogP contribution in [0.15, 0.2) is 64.4 Å². The van der Waals surface area contributed by atoms with Crippen molar-refractivity contribution in [2.24, 2.45) is 5.92 Å². The minimum Gasteiger partial charge on any atom is -0.474 e. The van der Waals surface area contributed by atoms with Crippen LogP contribution in [0.5, 0.6) is 5.75 Å². The summed E-state index contributed by atoms with van der Waals surface area (Å²) >= 11 is 1.69. The molecule has 35 heavy (non-hydrogen) atoms. The molecule has 2 aromatic carbocycles. The third kappa shape index (κ3) is 3.57. The minimum atomic E-state index is -0.345. The van der Waals surface area contributed by atoms with E-state index in [1.54, 1.807) is 28.7 Å². The van der Waals surface area contributed by atoms with Gasteiger partial charge in [0.15, 0.2) is 5.69 Å². The van der Waals surface area contributed by atoms with Gasteiger partial charge >= 0.3 is 0 Å². The molecule has 6 nitrogen and oxygen atoms in total. The Balaban J connectivity index is 1.65. The number of aromatic nitrogens is 1. The first-order chi connectivity index (χ1) is 17.0. The van der Waals surface area contributed by atoms with Gasteiger partial charge < -0.3 is 9.42 Å². The van der Waals surface area contributed by atoms with E-state index in [1.807, 2.05) is 23.1 Å². The molecule has 1 amide bonds. The van der Waals surface area contributed by atoms with Crippen molar-refractivity contribution in [1.82, 2.24) is 9.58 Å². The number of hydrogen-bond donors (Lipinski definition) is 0. The molecule has 0 N–H and O–H groups in total. The van der Waals surface area contributed by atoms with E-state index < -0.39 is 0 Å². The van der Waals surface area contributed by atoms with Gasteiger partial charge in [0.1, 0.15) is 12.0 Å². The SMILES string of the molecule is C[C@@H]1CC[C@@H]2N(C1)C(=O)c1c(OP)c(=O)ccn1N2[C@H]1c2ccc(F)cc2CSc2ccccc21. The third-order valence-electron chi connectivity index (χ3n) is 7.22.